The van der Waals surface area contributed by atoms with Crippen molar-refractivity contribution < 1.29 is 42.9 Å². The third kappa shape index (κ3) is 10.9. The van der Waals surface area contributed by atoms with Crippen molar-refractivity contribution in [2.75, 3.05) is 61.0 Å². The number of carbonyl (C=O) groups is 5. The summed E-state index contributed by atoms with van der Waals surface area (Å²) in [6.07, 6.45) is 7.27. The normalized spacial score (nSPS) is 17.0. The monoisotopic (exact) mass is 945 g/mol. The second kappa shape index (κ2) is 21.0. The molecule has 0 radical (unpaired) electrons. The average molecular weight is 946 g/mol. The van der Waals surface area contributed by atoms with Crippen LogP contribution in [-0.4, -0.2) is 116 Å². The molecule has 6 aromatic heterocycles. The van der Waals surface area contributed by atoms with Gasteiger partial charge in [0.2, 0.25) is 23.6 Å². The van der Waals surface area contributed by atoms with Crippen LogP contribution in [0.2, 0.25) is 0 Å². The van der Waals surface area contributed by atoms with Gasteiger partial charge >= 0.3 is 0 Å². The molecule has 0 aliphatic carbocycles. The van der Waals surface area contributed by atoms with Gasteiger partial charge in [-0.15, -0.1) is 0 Å². The minimum Gasteiger partial charge on any atom is -0.480 e. The summed E-state index contributed by atoms with van der Waals surface area (Å²) in [5, 5.41) is 5.28. The summed E-state index contributed by atoms with van der Waals surface area (Å²) < 4.78 is 23.7. The highest BCUT2D eigenvalue weighted by atomic mass is 16.5. The molecule has 4 amide bonds. The molecule has 358 valence electrons. The molecule has 2 fully saturated rings. The summed E-state index contributed by atoms with van der Waals surface area (Å²) in [7, 11) is 2.99. The van der Waals surface area contributed by atoms with Gasteiger partial charge in [-0.25, -0.2) is 19.9 Å². The number of ether oxygens (including phenoxy) is 4. The number of hydrogen-bond donors (Lipinski definition) is 3. The Morgan fingerprint density at radius 3 is 1.70 bits per heavy atom. The molecule has 2 saturated heterocycles. The fraction of sp³-hybridized carbons (Fsp3) is 0.356. The zero-order valence-corrected chi connectivity index (χ0v) is 37.5. The van der Waals surface area contributed by atoms with E-state index in [1.807, 2.05) is 0 Å². The van der Waals surface area contributed by atoms with Gasteiger partial charge in [0, 0.05) is 63.6 Å². The quantitative estimate of drug-likeness (QED) is 0.116. The lowest BCUT2D eigenvalue weighted by molar-refractivity contribution is -0.119. The van der Waals surface area contributed by atoms with E-state index in [0.717, 1.165) is 25.5 Å². The van der Waals surface area contributed by atoms with Crippen LogP contribution in [0.3, 0.4) is 0 Å². The number of anilines is 4. The Hall–Kier alpha value is -8.41. The van der Waals surface area contributed by atoms with Crippen LogP contribution in [0.25, 0.3) is 22.3 Å². The topological polar surface area (TPSA) is 300 Å². The van der Waals surface area contributed by atoms with Crippen molar-refractivity contribution in [2.24, 2.45) is 11.7 Å². The highest BCUT2D eigenvalue weighted by Crippen LogP contribution is 2.33. The molecule has 0 aromatic carbocycles. The van der Waals surface area contributed by atoms with E-state index in [1.54, 1.807) is 45.9 Å². The van der Waals surface area contributed by atoms with E-state index in [9.17, 15) is 33.6 Å². The van der Waals surface area contributed by atoms with Gasteiger partial charge in [-0.1, -0.05) is 6.42 Å². The van der Waals surface area contributed by atoms with Crippen molar-refractivity contribution in [3.8, 4) is 23.3 Å². The summed E-state index contributed by atoms with van der Waals surface area (Å²) in [5.41, 5.74) is 7.55. The Labute approximate surface area is 391 Å². The Morgan fingerprint density at radius 1 is 0.667 bits per heavy atom. The van der Waals surface area contributed by atoms with Crippen molar-refractivity contribution in [3.63, 3.8) is 0 Å². The third-order valence-electron chi connectivity index (χ3n) is 11.3. The minimum atomic E-state index is -0.266. The van der Waals surface area contributed by atoms with Crippen LogP contribution in [0.4, 0.5) is 23.3 Å². The largest absolute Gasteiger partial charge is 0.480 e. The maximum absolute atomic E-state index is 12.6. The van der Waals surface area contributed by atoms with E-state index < -0.39 is 0 Å². The van der Waals surface area contributed by atoms with Crippen LogP contribution < -0.4 is 56.2 Å². The van der Waals surface area contributed by atoms with Crippen molar-refractivity contribution in [2.45, 2.75) is 57.7 Å². The summed E-state index contributed by atoms with van der Waals surface area (Å²) in [6.45, 7) is 1.76. The minimum absolute atomic E-state index is 0.00754. The fourth-order valence-corrected chi connectivity index (χ4v) is 7.94. The number of unbranched alkanes of at least 4 members (excludes halogenated alkanes) is 1. The van der Waals surface area contributed by atoms with E-state index in [2.05, 4.69) is 40.5 Å². The van der Waals surface area contributed by atoms with E-state index in [0.29, 0.717) is 108 Å². The highest BCUT2D eigenvalue weighted by Gasteiger charge is 2.33. The van der Waals surface area contributed by atoms with Crippen molar-refractivity contribution in [1.29, 1.82) is 0 Å². The third-order valence-corrected chi connectivity index (χ3v) is 11.3. The van der Waals surface area contributed by atoms with Crippen LogP contribution in [0.15, 0.2) is 70.5 Å². The average Bonchev–Trinajstić information content (AvgIpc) is 3.91. The first-order valence-corrected chi connectivity index (χ1v) is 21.9. The number of carbonyl (C=O) groups excluding carboxylic acids is 5. The van der Waals surface area contributed by atoms with Crippen LogP contribution in [0.5, 0.6) is 23.3 Å². The maximum atomic E-state index is 12.6. The van der Waals surface area contributed by atoms with E-state index >= 15 is 0 Å². The van der Waals surface area contributed by atoms with Gasteiger partial charge in [0.05, 0.1) is 26.6 Å². The first-order chi connectivity index (χ1) is 33.4. The van der Waals surface area contributed by atoms with Gasteiger partial charge in [-0.05, 0) is 55.2 Å². The van der Waals surface area contributed by atoms with Crippen molar-refractivity contribution in [1.82, 2.24) is 39.0 Å². The molecule has 24 nitrogen and oxygen atoms in total. The number of rotatable bonds is 12. The van der Waals surface area contributed by atoms with Crippen molar-refractivity contribution in [3.05, 3.63) is 81.6 Å². The van der Waals surface area contributed by atoms with Crippen molar-refractivity contribution >= 4 is 75.5 Å². The number of fused-ring (bicyclic) bond motifs is 4. The Kier molecular flexibility index (Phi) is 14.4. The number of methoxy groups -OCH3 is 2. The molecule has 69 heavy (non-hydrogen) atoms. The van der Waals surface area contributed by atoms with Gasteiger partial charge in [-0.2, -0.15) is 9.97 Å². The molecule has 6 aromatic rings. The maximum Gasteiger partial charge on any atom is 0.263 e. The van der Waals surface area contributed by atoms with E-state index in [1.165, 1.54) is 48.2 Å². The zero-order valence-electron chi connectivity index (χ0n) is 37.5. The van der Waals surface area contributed by atoms with Gasteiger partial charge in [0.25, 0.3) is 22.9 Å². The zero-order chi connectivity index (χ0) is 48.6. The molecule has 0 saturated carbocycles. The van der Waals surface area contributed by atoms with E-state index in [4.69, 9.17) is 24.7 Å². The predicted molar refractivity (Wildman–Crippen MR) is 247 cm³/mol. The van der Waals surface area contributed by atoms with Crippen LogP contribution in [0.1, 0.15) is 38.5 Å². The SMILES string of the molecule is COc1cnc2ccc(=O)n(CCC=O)c2n1.COc1cnc2ccc(=O)n(CCCC[C@@H]3CC(=O)N(c4ccc5c(n4)NC(=O)CO5)C3)c2n1.N[C@@H]1CC(=O)N(c2ccc3c(n2)NC(=O)CO3)C1. The molecular weight excluding hydrogens is 899 g/mol. The molecule has 0 bridgehead atoms. The predicted octanol–water partition coefficient (Wildman–Crippen LogP) is 1.62. The number of nitrogens with two attached hydrogens (primary N) is 1. The lowest BCUT2D eigenvalue weighted by Crippen LogP contribution is -2.30. The Morgan fingerprint density at radius 2 is 1.19 bits per heavy atom. The fourth-order valence-electron chi connectivity index (χ4n) is 7.94. The molecule has 0 unspecified atom stereocenters. The number of aromatic nitrogens is 8. The number of pyridine rings is 4. The number of nitrogens with one attached hydrogen (secondary N) is 2. The highest BCUT2D eigenvalue weighted by molar-refractivity contribution is 5.98. The number of aryl methyl sites for hydroxylation is 2. The van der Waals surface area contributed by atoms with Gasteiger partial charge < -0.3 is 40.1 Å². The lowest BCUT2D eigenvalue weighted by atomic mass is 10.0. The van der Waals surface area contributed by atoms with E-state index in [-0.39, 0.29) is 66.3 Å². The molecular formula is C45H47N13O11. The van der Waals surface area contributed by atoms with Crippen LogP contribution in [0, 0.1) is 5.92 Å². The van der Waals surface area contributed by atoms with Crippen LogP contribution in [-0.2, 0) is 37.1 Å². The van der Waals surface area contributed by atoms with Crippen LogP contribution >= 0.6 is 0 Å². The molecule has 0 spiro atoms. The van der Waals surface area contributed by atoms with Gasteiger partial charge in [0.15, 0.2) is 47.6 Å². The molecule has 4 aliphatic heterocycles. The summed E-state index contributed by atoms with van der Waals surface area (Å²) in [4.78, 5) is 110. The molecule has 2 atom stereocenters. The summed E-state index contributed by atoms with van der Waals surface area (Å²) in [5.74, 6) is 3.00. The Bertz CT molecular complexity index is 3070. The first kappa shape index (κ1) is 47.1. The summed E-state index contributed by atoms with van der Waals surface area (Å²) in [6, 6.07) is 12.8. The number of hydrogen-bond acceptors (Lipinski definition) is 18. The van der Waals surface area contributed by atoms with Gasteiger partial charge in [0.1, 0.15) is 29.0 Å². The molecule has 4 N–H and O–H groups in total. The number of aldehydes is 1. The Balaban J connectivity index is 0.000000154. The summed E-state index contributed by atoms with van der Waals surface area (Å²) >= 11 is 0. The lowest BCUT2D eigenvalue weighted by Gasteiger charge is -2.21. The molecule has 24 heteroatoms. The molecule has 10 rings (SSSR count). The smallest absolute Gasteiger partial charge is 0.263 e. The standard InChI is InChI=1S/C23H24N6O5.C11H12N4O3.C11H11N3O3/c1-33-19-11-24-15-5-8-20(31)28(23(15)27-19)9-3-2-4-14-10-21(32)29(12-14)17-7-6-16-22(25-17)26-18(30)13-34-16;12-6-3-10(17)15(4-6)8-2-1-7-11(13-8)14-9(16)5-18-7;1-17-9-7-12-8-3-4-10(16)14(5-2-6-15)11(8)13-9/h5-8,11,14H,2-4,9-10,12-13H2,1H3,(H,25,26,30);1-2,6H,3-5,12H2,(H,13,14,16);3-4,6-7H,2,5H2,1H3/t14-;6-;/m11./s1. The number of amides is 4. The van der Waals surface area contributed by atoms with Gasteiger partial charge in [-0.3, -0.25) is 47.7 Å². The first-order valence-electron chi connectivity index (χ1n) is 21.9. The second-order valence-electron chi connectivity index (χ2n) is 16.1. The molecule has 4 aliphatic rings. The molecule has 10 heterocycles. The number of nitrogens with zero attached hydrogens (tertiary/aromatic N) is 10. The second-order valence-corrected chi connectivity index (χ2v) is 16.1.